The van der Waals surface area contributed by atoms with Gasteiger partial charge in [0.1, 0.15) is 5.66 Å². The smallest absolute Gasteiger partial charge is 0.117 e. The van der Waals surface area contributed by atoms with Crippen molar-refractivity contribution in [2.75, 3.05) is 0 Å². The molecule has 1 unspecified atom stereocenters. The van der Waals surface area contributed by atoms with Gasteiger partial charge in [-0.1, -0.05) is 28.9 Å². The van der Waals surface area contributed by atoms with Crippen LogP contribution in [0.2, 0.25) is 0 Å². The highest BCUT2D eigenvalue weighted by atomic mass is 32.2. The second kappa shape index (κ2) is 2.40. The minimum atomic E-state index is -0.839. The third-order valence-electron chi connectivity index (χ3n) is 1.93. The maximum absolute atomic E-state index is 5.83. The van der Waals surface area contributed by atoms with Gasteiger partial charge >= 0.3 is 0 Å². The molecule has 3 nitrogen and oxygen atoms in total. The number of hydrogen-bond donors (Lipinski definition) is 3. The van der Waals surface area contributed by atoms with Gasteiger partial charge in [-0.3, -0.25) is 5.14 Å². The van der Waals surface area contributed by atoms with Gasteiger partial charge in [-0.2, -0.15) is 0 Å². The van der Waals surface area contributed by atoms with Crippen molar-refractivity contribution >= 4 is 16.0 Å². The van der Waals surface area contributed by atoms with Crippen LogP contribution in [0.25, 0.3) is 0 Å². The van der Waals surface area contributed by atoms with Crippen LogP contribution in [0.3, 0.4) is 0 Å². The molecular weight excluding hydrogens is 170 g/mol. The number of fused-ring (bicyclic) bond motifs is 1. The summed E-state index contributed by atoms with van der Waals surface area (Å²) in [6, 6.07) is 7.76. The van der Waals surface area contributed by atoms with E-state index in [0.717, 1.165) is 10.5 Å². The molecule has 2 rings (SSSR count). The summed E-state index contributed by atoms with van der Waals surface area (Å²) in [4.78, 5) is 1.06. The summed E-state index contributed by atoms with van der Waals surface area (Å²) in [7, 11) is -0.392. The van der Waals surface area contributed by atoms with E-state index < -0.39 is 16.3 Å². The van der Waals surface area contributed by atoms with E-state index in [1.54, 1.807) is 5.37 Å². The fraction of sp³-hybridized carbons (Fsp3) is 0.125. The molecule has 0 bridgehead atoms. The second-order valence-electron chi connectivity index (χ2n) is 2.92. The monoisotopic (exact) mass is 181 g/mol. The Labute approximate surface area is 73.6 Å². The zero-order chi connectivity index (χ0) is 8.77. The van der Waals surface area contributed by atoms with E-state index in [9.17, 15) is 0 Å². The predicted octanol–water partition coefficient (Wildman–Crippen LogP) is 0.0741. The van der Waals surface area contributed by atoms with E-state index in [2.05, 4.69) is 0 Å². The summed E-state index contributed by atoms with van der Waals surface area (Å²) < 4.78 is 0. The third kappa shape index (κ3) is 1.01. The van der Waals surface area contributed by atoms with Crippen LogP contribution < -0.4 is 16.6 Å². The van der Waals surface area contributed by atoms with Gasteiger partial charge in [0.05, 0.1) is 0 Å². The highest BCUT2D eigenvalue weighted by Crippen LogP contribution is 2.34. The number of nitrogens with two attached hydrogens (primary N) is 3. The Morgan fingerprint density at radius 2 is 1.83 bits per heavy atom. The maximum atomic E-state index is 5.83. The molecule has 0 spiro atoms. The first-order valence-electron chi connectivity index (χ1n) is 3.62. The first-order valence-corrected chi connectivity index (χ1v) is 4.97. The summed E-state index contributed by atoms with van der Waals surface area (Å²) in [5.41, 5.74) is 11.8. The van der Waals surface area contributed by atoms with Crippen molar-refractivity contribution in [2.45, 2.75) is 10.6 Å². The molecule has 12 heavy (non-hydrogen) atoms. The summed E-state index contributed by atoms with van der Waals surface area (Å²) in [5, 5.41) is 7.62. The normalized spacial score (nSPS) is 24.8. The van der Waals surface area contributed by atoms with Gasteiger partial charge in [-0.05, 0) is 11.4 Å². The molecule has 1 atom stereocenters. The Kier molecular flexibility index (Phi) is 1.59. The molecule has 1 heterocycles. The topological polar surface area (TPSA) is 78.1 Å². The summed E-state index contributed by atoms with van der Waals surface area (Å²) in [6.45, 7) is 0. The predicted molar refractivity (Wildman–Crippen MR) is 52.6 cm³/mol. The molecule has 0 fully saturated rings. The van der Waals surface area contributed by atoms with Gasteiger partial charge in [-0.15, -0.1) is 0 Å². The average molecular weight is 181 g/mol. The molecule has 6 N–H and O–H groups in total. The highest BCUT2D eigenvalue weighted by Gasteiger charge is 2.28. The molecule has 0 radical (unpaired) electrons. The van der Waals surface area contributed by atoms with Crippen LogP contribution in [0.1, 0.15) is 5.56 Å². The molecule has 64 valence electrons. The Morgan fingerprint density at radius 3 is 2.50 bits per heavy atom. The van der Waals surface area contributed by atoms with Crippen molar-refractivity contribution in [1.82, 2.24) is 0 Å². The van der Waals surface area contributed by atoms with Gasteiger partial charge in [-0.25, -0.2) is 0 Å². The SMILES string of the molecule is NS1=CC(N)(N)c2ccccc21. The molecule has 1 aliphatic heterocycles. The quantitative estimate of drug-likeness (QED) is 0.391. The third-order valence-corrected chi connectivity index (χ3v) is 3.44. The lowest BCUT2D eigenvalue weighted by atomic mass is 10.0. The van der Waals surface area contributed by atoms with Crippen molar-refractivity contribution in [1.29, 1.82) is 0 Å². The van der Waals surface area contributed by atoms with Crippen LogP contribution in [0, 0.1) is 0 Å². The first kappa shape index (κ1) is 7.94. The molecule has 4 heteroatoms. The van der Waals surface area contributed by atoms with Crippen LogP contribution in [-0.2, 0) is 5.66 Å². The van der Waals surface area contributed by atoms with Crippen LogP contribution in [0.15, 0.2) is 29.2 Å². The Hall–Kier alpha value is -0.680. The lowest BCUT2D eigenvalue weighted by Crippen LogP contribution is -2.45. The van der Waals surface area contributed by atoms with Crippen molar-refractivity contribution in [3.63, 3.8) is 0 Å². The van der Waals surface area contributed by atoms with E-state index >= 15 is 0 Å². The van der Waals surface area contributed by atoms with E-state index in [0.29, 0.717) is 0 Å². The lowest BCUT2D eigenvalue weighted by Gasteiger charge is -2.16. The lowest BCUT2D eigenvalue weighted by molar-refractivity contribution is 0.651. The molecule has 0 aromatic heterocycles. The number of hydrogen-bond acceptors (Lipinski definition) is 3. The molecule has 1 aliphatic rings. The fourth-order valence-electron chi connectivity index (χ4n) is 1.37. The van der Waals surface area contributed by atoms with Gasteiger partial charge in [0.15, 0.2) is 0 Å². The van der Waals surface area contributed by atoms with Crippen molar-refractivity contribution < 1.29 is 0 Å². The van der Waals surface area contributed by atoms with Crippen LogP contribution in [0.5, 0.6) is 0 Å². The Bertz CT molecular complexity index is 357. The molecule has 0 saturated carbocycles. The molecule has 1 aromatic carbocycles. The molecular formula is C8H11N3S. The maximum Gasteiger partial charge on any atom is 0.117 e. The standard InChI is InChI=1S/C8H11N3S/c9-8(10)5-12(11)7-4-2-1-3-6(7)8/h1-5H,9-11H2. The Balaban J connectivity index is 2.68. The highest BCUT2D eigenvalue weighted by molar-refractivity contribution is 8.13. The average Bonchev–Trinajstić information content (AvgIpc) is 2.25. The van der Waals surface area contributed by atoms with E-state index in [-0.39, 0.29) is 0 Å². The van der Waals surface area contributed by atoms with Crippen molar-refractivity contribution in [3.05, 3.63) is 29.8 Å². The summed E-state index contributed by atoms with van der Waals surface area (Å²) >= 11 is 0. The molecule has 0 saturated heterocycles. The van der Waals surface area contributed by atoms with Crippen LogP contribution in [0.4, 0.5) is 0 Å². The van der Waals surface area contributed by atoms with Gasteiger partial charge < -0.3 is 11.5 Å². The van der Waals surface area contributed by atoms with Crippen LogP contribution in [-0.4, -0.2) is 5.37 Å². The summed E-state index contributed by atoms with van der Waals surface area (Å²) in [5.74, 6) is 0. The van der Waals surface area contributed by atoms with E-state index in [1.807, 2.05) is 24.3 Å². The number of rotatable bonds is 0. The van der Waals surface area contributed by atoms with Gasteiger partial charge in [0, 0.05) is 10.5 Å². The molecule has 0 aliphatic carbocycles. The van der Waals surface area contributed by atoms with Gasteiger partial charge in [0.2, 0.25) is 0 Å². The second-order valence-corrected chi connectivity index (χ2v) is 4.34. The zero-order valence-electron chi connectivity index (χ0n) is 6.53. The van der Waals surface area contributed by atoms with E-state index in [4.69, 9.17) is 16.6 Å². The fourth-order valence-corrected chi connectivity index (χ4v) is 2.78. The van der Waals surface area contributed by atoms with Crippen molar-refractivity contribution in [2.24, 2.45) is 16.6 Å². The molecule has 0 amide bonds. The van der Waals surface area contributed by atoms with Crippen LogP contribution >= 0.6 is 10.7 Å². The number of benzene rings is 1. The van der Waals surface area contributed by atoms with E-state index in [1.165, 1.54) is 0 Å². The minimum Gasteiger partial charge on any atom is -0.306 e. The van der Waals surface area contributed by atoms with Gasteiger partial charge in [0.25, 0.3) is 0 Å². The first-order chi connectivity index (χ1) is 5.61. The van der Waals surface area contributed by atoms with Crippen molar-refractivity contribution in [3.8, 4) is 0 Å². The minimum absolute atomic E-state index is 0.392. The largest absolute Gasteiger partial charge is 0.306 e. The molecule has 1 aromatic rings. The summed E-state index contributed by atoms with van der Waals surface area (Å²) in [6.07, 6.45) is 0. The Morgan fingerprint density at radius 1 is 1.17 bits per heavy atom. The zero-order valence-corrected chi connectivity index (χ0v) is 7.34.